The normalized spacial score (nSPS) is 14.9. The van der Waals surface area contributed by atoms with Crippen molar-refractivity contribution in [3.8, 4) is 17.2 Å². The molecule has 0 saturated heterocycles. The Labute approximate surface area is 211 Å². The molecular formula is C28H34N2O4S. The lowest BCUT2D eigenvalue weighted by atomic mass is 9.86. The van der Waals surface area contributed by atoms with E-state index in [1.165, 1.54) is 10.4 Å². The predicted octanol–water partition coefficient (Wildman–Crippen LogP) is 6.19. The van der Waals surface area contributed by atoms with E-state index < -0.39 is 6.09 Å². The first-order valence-electron chi connectivity index (χ1n) is 12.2. The number of hydrogen-bond acceptors (Lipinski definition) is 6. The Bertz CT molecular complexity index is 1120. The van der Waals surface area contributed by atoms with Crippen LogP contribution in [0.3, 0.4) is 0 Å². The number of ether oxygens (including phenoxy) is 3. The molecule has 4 rings (SSSR count). The molecule has 3 aromatic rings. The van der Waals surface area contributed by atoms with Crippen LogP contribution in [-0.4, -0.2) is 44.3 Å². The SMILES string of the molecule is CCCN(CCc1cccs1)C1CCc2c(cccc2OC(=O)Nc2ccc(OC)cc2OC)C1. The fourth-order valence-corrected chi connectivity index (χ4v) is 5.47. The molecule has 1 atom stereocenters. The minimum absolute atomic E-state index is 0.509. The van der Waals surface area contributed by atoms with Crippen molar-refractivity contribution >= 4 is 23.1 Å². The summed E-state index contributed by atoms with van der Waals surface area (Å²) in [6.07, 6.45) is 4.64. The smallest absolute Gasteiger partial charge is 0.417 e. The van der Waals surface area contributed by atoms with Crippen molar-refractivity contribution in [3.05, 3.63) is 69.9 Å². The first-order valence-corrected chi connectivity index (χ1v) is 13.1. The highest BCUT2D eigenvalue weighted by atomic mass is 32.1. The fourth-order valence-electron chi connectivity index (χ4n) is 4.77. The largest absolute Gasteiger partial charge is 0.497 e. The van der Waals surface area contributed by atoms with Gasteiger partial charge in [0.2, 0.25) is 0 Å². The summed E-state index contributed by atoms with van der Waals surface area (Å²) in [7, 11) is 3.14. The number of carbonyl (C=O) groups excluding carboxylic acids is 1. The van der Waals surface area contributed by atoms with E-state index in [0.717, 1.165) is 50.8 Å². The number of amides is 1. The summed E-state index contributed by atoms with van der Waals surface area (Å²) in [6, 6.07) is 16.1. The zero-order valence-corrected chi connectivity index (χ0v) is 21.5. The fraction of sp³-hybridized carbons (Fsp3) is 0.393. The molecule has 1 amide bonds. The van der Waals surface area contributed by atoms with Gasteiger partial charge in [-0.1, -0.05) is 25.1 Å². The topological polar surface area (TPSA) is 60.0 Å². The Morgan fingerprint density at radius 2 is 1.97 bits per heavy atom. The first kappa shape index (κ1) is 25.1. The number of benzene rings is 2. The summed E-state index contributed by atoms with van der Waals surface area (Å²) >= 11 is 1.84. The van der Waals surface area contributed by atoms with Gasteiger partial charge in [-0.2, -0.15) is 0 Å². The lowest BCUT2D eigenvalue weighted by molar-refractivity contribution is 0.181. The van der Waals surface area contributed by atoms with Crippen LogP contribution < -0.4 is 19.5 Å². The molecule has 6 nitrogen and oxygen atoms in total. The molecule has 0 aliphatic heterocycles. The van der Waals surface area contributed by atoms with E-state index in [9.17, 15) is 4.79 Å². The second-order valence-corrected chi connectivity index (χ2v) is 9.77. The summed E-state index contributed by atoms with van der Waals surface area (Å²) in [6.45, 7) is 4.43. The third-order valence-corrected chi connectivity index (χ3v) is 7.45. The van der Waals surface area contributed by atoms with Gasteiger partial charge in [-0.05, 0) is 79.4 Å². The maximum Gasteiger partial charge on any atom is 0.417 e. The number of methoxy groups -OCH3 is 2. The van der Waals surface area contributed by atoms with Crippen molar-refractivity contribution in [2.45, 2.75) is 45.1 Å². The molecule has 0 fully saturated rings. The Morgan fingerprint density at radius 1 is 1.09 bits per heavy atom. The van der Waals surface area contributed by atoms with E-state index in [1.807, 2.05) is 23.5 Å². The molecular weight excluding hydrogens is 460 g/mol. The van der Waals surface area contributed by atoms with E-state index in [4.69, 9.17) is 14.2 Å². The quantitative estimate of drug-likeness (QED) is 0.364. The maximum absolute atomic E-state index is 12.7. The van der Waals surface area contributed by atoms with Gasteiger partial charge in [-0.15, -0.1) is 11.3 Å². The molecule has 186 valence electrons. The van der Waals surface area contributed by atoms with Gasteiger partial charge in [0.25, 0.3) is 0 Å². The van der Waals surface area contributed by atoms with E-state index in [0.29, 0.717) is 29.0 Å². The van der Waals surface area contributed by atoms with Gasteiger partial charge in [0.15, 0.2) is 0 Å². The average molecular weight is 495 g/mol. The zero-order chi connectivity index (χ0) is 24.6. The third kappa shape index (κ3) is 6.35. The van der Waals surface area contributed by atoms with Crippen LogP contribution in [-0.2, 0) is 19.3 Å². The van der Waals surface area contributed by atoms with Crippen molar-refractivity contribution in [3.63, 3.8) is 0 Å². The highest BCUT2D eigenvalue weighted by molar-refractivity contribution is 7.09. The summed E-state index contributed by atoms with van der Waals surface area (Å²) < 4.78 is 16.4. The van der Waals surface area contributed by atoms with Gasteiger partial charge in [-0.3, -0.25) is 10.2 Å². The molecule has 0 saturated carbocycles. The van der Waals surface area contributed by atoms with Crippen LogP contribution >= 0.6 is 11.3 Å². The molecule has 1 aliphatic rings. The summed E-state index contributed by atoms with van der Waals surface area (Å²) in [4.78, 5) is 16.8. The number of hydrogen-bond donors (Lipinski definition) is 1. The van der Waals surface area contributed by atoms with Crippen LogP contribution in [0.2, 0.25) is 0 Å². The highest BCUT2D eigenvalue weighted by Gasteiger charge is 2.26. The zero-order valence-electron chi connectivity index (χ0n) is 20.7. The Balaban J connectivity index is 1.42. The lowest BCUT2D eigenvalue weighted by Gasteiger charge is -2.35. The van der Waals surface area contributed by atoms with Gasteiger partial charge >= 0.3 is 6.09 Å². The minimum atomic E-state index is -0.535. The molecule has 7 heteroatoms. The number of thiophene rings is 1. The molecule has 1 heterocycles. The van der Waals surface area contributed by atoms with Crippen LogP contribution in [0.1, 0.15) is 35.8 Å². The molecule has 35 heavy (non-hydrogen) atoms. The van der Waals surface area contributed by atoms with E-state index in [1.54, 1.807) is 32.4 Å². The van der Waals surface area contributed by atoms with Gasteiger partial charge in [0, 0.05) is 23.5 Å². The molecule has 2 aromatic carbocycles. The molecule has 1 aromatic heterocycles. The summed E-state index contributed by atoms with van der Waals surface area (Å²) in [5.41, 5.74) is 2.94. The lowest BCUT2D eigenvalue weighted by Crippen LogP contribution is -2.41. The molecule has 1 aliphatic carbocycles. The molecule has 1 unspecified atom stereocenters. The third-order valence-electron chi connectivity index (χ3n) is 6.51. The van der Waals surface area contributed by atoms with Crippen LogP contribution in [0.25, 0.3) is 0 Å². The predicted molar refractivity (Wildman–Crippen MR) is 141 cm³/mol. The molecule has 1 N–H and O–H groups in total. The van der Waals surface area contributed by atoms with E-state index >= 15 is 0 Å². The Hall–Kier alpha value is -3.03. The highest BCUT2D eigenvalue weighted by Crippen LogP contribution is 2.33. The van der Waals surface area contributed by atoms with E-state index in [-0.39, 0.29) is 0 Å². The van der Waals surface area contributed by atoms with Gasteiger partial charge in [0.05, 0.1) is 19.9 Å². The second kappa shape index (κ2) is 12.1. The van der Waals surface area contributed by atoms with Crippen LogP contribution in [0, 0.1) is 0 Å². The van der Waals surface area contributed by atoms with E-state index in [2.05, 4.69) is 40.7 Å². The van der Waals surface area contributed by atoms with Crippen molar-refractivity contribution in [1.29, 1.82) is 0 Å². The number of fused-ring (bicyclic) bond motifs is 1. The Kier molecular flexibility index (Phi) is 8.66. The van der Waals surface area contributed by atoms with Crippen molar-refractivity contribution in [2.75, 3.05) is 32.6 Å². The van der Waals surface area contributed by atoms with Crippen LogP contribution in [0.4, 0.5) is 10.5 Å². The Morgan fingerprint density at radius 3 is 2.71 bits per heavy atom. The standard InChI is InChI=1S/C28H34N2O4S/c1-4-15-30(16-14-23-8-6-17-35-23)21-10-12-24-20(18-21)7-5-9-26(24)34-28(31)29-25-13-11-22(32-2)19-27(25)33-3/h5-9,11,13,17,19,21H,4,10,12,14-16,18H2,1-3H3,(H,29,31). The molecule has 0 bridgehead atoms. The summed E-state index contributed by atoms with van der Waals surface area (Å²) in [5, 5.41) is 4.94. The van der Waals surface area contributed by atoms with Crippen LogP contribution in [0.5, 0.6) is 17.2 Å². The number of nitrogens with zero attached hydrogens (tertiary/aromatic N) is 1. The maximum atomic E-state index is 12.7. The van der Waals surface area contributed by atoms with Crippen molar-refractivity contribution < 1.29 is 19.0 Å². The molecule has 0 spiro atoms. The number of nitrogens with one attached hydrogen (secondary N) is 1. The van der Waals surface area contributed by atoms with Crippen molar-refractivity contribution in [1.82, 2.24) is 4.90 Å². The number of carbonyl (C=O) groups is 1. The molecule has 0 radical (unpaired) electrons. The number of anilines is 1. The second-order valence-electron chi connectivity index (χ2n) is 8.74. The van der Waals surface area contributed by atoms with Gasteiger partial charge in [-0.25, -0.2) is 4.79 Å². The van der Waals surface area contributed by atoms with Gasteiger partial charge < -0.3 is 14.2 Å². The number of rotatable bonds is 10. The van der Waals surface area contributed by atoms with Crippen LogP contribution in [0.15, 0.2) is 53.9 Å². The van der Waals surface area contributed by atoms with Crippen molar-refractivity contribution in [2.24, 2.45) is 0 Å². The van der Waals surface area contributed by atoms with Gasteiger partial charge in [0.1, 0.15) is 17.2 Å². The minimum Gasteiger partial charge on any atom is -0.497 e. The average Bonchev–Trinajstić information content (AvgIpc) is 3.40. The first-order chi connectivity index (χ1) is 17.1. The monoisotopic (exact) mass is 494 g/mol. The summed E-state index contributed by atoms with van der Waals surface area (Å²) in [5.74, 6) is 1.80.